The van der Waals surface area contributed by atoms with Gasteiger partial charge in [0.1, 0.15) is 11.7 Å². The maximum absolute atomic E-state index is 7.46. The normalized spacial score (nSPS) is 20.8. The summed E-state index contributed by atoms with van der Waals surface area (Å²) in [5.74, 6) is 1.27. The second-order valence-electron chi connectivity index (χ2n) is 6.77. The van der Waals surface area contributed by atoms with Gasteiger partial charge in [0.05, 0.1) is 23.2 Å². The third-order valence-corrected chi connectivity index (χ3v) is 4.57. The first-order valence-corrected chi connectivity index (χ1v) is 8.72. The Labute approximate surface area is 154 Å². The third-order valence-electron chi connectivity index (χ3n) is 4.57. The fourth-order valence-corrected chi connectivity index (χ4v) is 2.84. The van der Waals surface area contributed by atoms with Crippen LogP contribution in [0.15, 0.2) is 64.0 Å². The van der Waals surface area contributed by atoms with E-state index >= 15 is 0 Å². The minimum Gasteiger partial charge on any atom is -0.384 e. The molecule has 1 fully saturated rings. The number of methoxy groups -OCH3 is 1. The Bertz CT molecular complexity index is 763. The molecule has 3 aliphatic rings. The summed E-state index contributed by atoms with van der Waals surface area (Å²) < 4.78 is 5.33. The number of ether oxygens (including phenoxy) is 1. The largest absolute Gasteiger partial charge is 0.384 e. The number of fused-ring (bicyclic) bond motifs is 1. The van der Waals surface area contributed by atoms with Crippen molar-refractivity contribution < 1.29 is 4.74 Å². The smallest absolute Gasteiger partial charge is 0.132 e. The highest BCUT2D eigenvalue weighted by atomic mass is 16.5. The summed E-state index contributed by atoms with van der Waals surface area (Å²) in [6, 6.07) is 0. The first-order chi connectivity index (χ1) is 12.5. The molecule has 7 heteroatoms. The number of hydrogen-bond donors (Lipinski definition) is 4. The summed E-state index contributed by atoms with van der Waals surface area (Å²) in [6.07, 6.45) is 11.3. The Morgan fingerprint density at radius 1 is 1.38 bits per heavy atom. The Balaban J connectivity index is 1.71. The van der Waals surface area contributed by atoms with Crippen LogP contribution < -0.4 is 16.4 Å². The highest BCUT2D eigenvalue weighted by Crippen LogP contribution is 2.25. The van der Waals surface area contributed by atoms with Crippen molar-refractivity contribution in [2.75, 3.05) is 20.2 Å². The van der Waals surface area contributed by atoms with Gasteiger partial charge in [-0.05, 0) is 35.8 Å². The summed E-state index contributed by atoms with van der Waals surface area (Å²) in [7, 11) is 1.74. The lowest BCUT2D eigenvalue weighted by molar-refractivity contribution is -0.00979. The summed E-state index contributed by atoms with van der Waals surface area (Å²) in [5.41, 5.74) is 9.93. The maximum Gasteiger partial charge on any atom is 0.132 e. The van der Waals surface area contributed by atoms with Crippen LogP contribution in [0.5, 0.6) is 0 Å². The number of hydrogen-bond acceptors (Lipinski definition) is 6. The number of amidine groups is 1. The average Bonchev–Trinajstić information content (AvgIpc) is 2.58. The Hall–Kier alpha value is -2.80. The Morgan fingerprint density at radius 2 is 2.15 bits per heavy atom. The maximum atomic E-state index is 7.46. The molecule has 138 valence electrons. The van der Waals surface area contributed by atoms with Gasteiger partial charge in [0, 0.05) is 32.6 Å². The molecule has 3 aliphatic heterocycles. The monoisotopic (exact) mass is 354 g/mol. The van der Waals surface area contributed by atoms with Gasteiger partial charge < -0.3 is 31.4 Å². The zero-order valence-corrected chi connectivity index (χ0v) is 15.4. The molecule has 0 unspecified atom stereocenters. The van der Waals surface area contributed by atoms with Gasteiger partial charge in [-0.15, -0.1) is 0 Å². The van der Waals surface area contributed by atoms with Crippen molar-refractivity contribution in [3.05, 3.63) is 59.0 Å². The highest BCUT2D eigenvalue weighted by Gasteiger charge is 2.29. The van der Waals surface area contributed by atoms with E-state index in [1.54, 1.807) is 13.2 Å². The number of likely N-dealkylation sites (tertiary alicyclic amines) is 1. The number of rotatable bonds is 6. The average molecular weight is 354 g/mol. The molecule has 0 radical (unpaired) electrons. The number of nitrogens with one attached hydrogen (secondary N) is 3. The van der Waals surface area contributed by atoms with Crippen LogP contribution in [0, 0.1) is 11.3 Å². The van der Waals surface area contributed by atoms with Crippen LogP contribution >= 0.6 is 0 Å². The van der Waals surface area contributed by atoms with E-state index < -0.39 is 0 Å². The fraction of sp³-hybridized carbons (Fsp3) is 0.368. The molecule has 0 bridgehead atoms. The molecule has 0 aliphatic carbocycles. The van der Waals surface area contributed by atoms with Crippen LogP contribution in [0.3, 0.4) is 0 Å². The molecule has 0 amide bonds. The van der Waals surface area contributed by atoms with Gasteiger partial charge in [0.25, 0.3) is 0 Å². The first kappa shape index (κ1) is 18.0. The van der Waals surface area contributed by atoms with E-state index in [-0.39, 0.29) is 5.92 Å². The molecular weight excluding hydrogens is 328 g/mol. The molecule has 0 spiro atoms. The van der Waals surface area contributed by atoms with Gasteiger partial charge in [0.2, 0.25) is 0 Å². The van der Waals surface area contributed by atoms with E-state index in [9.17, 15) is 0 Å². The second kappa shape index (κ2) is 7.61. The van der Waals surface area contributed by atoms with Crippen molar-refractivity contribution in [3.63, 3.8) is 0 Å². The Morgan fingerprint density at radius 3 is 2.81 bits per heavy atom. The molecule has 1 saturated heterocycles. The van der Waals surface area contributed by atoms with E-state index in [1.165, 1.54) is 6.21 Å². The molecular formula is C19H26N6O. The van der Waals surface area contributed by atoms with Crippen LogP contribution in [0.2, 0.25) is 0 Å². The van der Waals surface area contributed by atoms with Crippen LogP contribution in [-0.2, 0) is 4.74 Å². The number of aliphatic imine (C=N–C) groups is 1. The predicted molar refractivity (Wildman–Crippen MR) is 104 cm³/mol. The van der Waals surface area contributed by atoms with Crippen molar-refractivity contribution in [1.29, 1.82) is 5.41 Å². The van der Waals surface area contributed by atoms with Crippen molar-refractivity contribution in [1.82, 2.24) is 15.5 Å². The quantitative estimate of drug-likeness (QED) is 0.429. The minimum absolute atomic E-state index is 0.228. The summed E-state index contributed by atoms with van der Waals surface area (Å²) in [5, 5.41) is 14.1. The SMILES string of the molecule is COC1CN(C2=CNC3=CC=C(N=C(N)C=C(C=N)C(C)C)NC3=C2)C1. The van der Waals surface area contributed by atoms with E-state index in [0.29, 0.717) is 17.8 Å². The van der Waals surface area contributed by atoms with E-state index in [4.69, 9.17) is 15.9 Å². The molecule has 0 aromatic rings. The molecule has 0 aromatic carbocycles. The van der Waals surface area contributed by atoms with Crippen molar-refractivity contribution in [3.8, 4) is 0 Å². The van der Waals surface area contributed by atoms with Crippen molar-refractivity contribution >= 4 is 12.1 Å². The van der Waals surface area contributed by atoms with Crippen molar-refractivity contribution in [2.45, 2.75) is 20.0 Å². The summed E-state index contributed by atoms with van der Waals surface area (Å²) in [4.78, 5) is 6.68. The van der Waals surface area contributed by atoms with Gasteiger partial charge in [-0.25, -0.2) is 4.99 Å². The van der Waals surface area contributed by atoms with Crippen LogP contribution in [0.4, 0.5) is 0 Å². The number of nitrogens with two attached hydrogens (primary N) is 1. The lowest BCUT2D eigenvalue weighted by atomic mass is 10.0. The van der Waals surface area contributed by atoms with Crippen LogP contribution in [-0.4, -0.2) is 43.3 Å². The van der Waals surface area contributed by atoms with Crippen LogP contribution in [0.1, 0.15) is 13.8 Å². The molecule has 3 rings (SSSR count). The molecule has 5 N–H and O–H groups in total. The van der Waals surface area contributed by atoms with E-state index in [2.05, 4.69) is 26.6 Å². The fourth-order valence-electron chi connectivity index (χ4n) is 2.84. The van der Waals surface area contributed by atoms with Gasteiger partial charge in [-0.2, -0.15) is 0 Å². The van der Waals surface area contributed by atoms with Gasteiger partial charge >= 0.3 is 0 Å². The zero-order valence-electron chi connectivity index (χ0n) is 15.4. The second-order valence-corrected chi connectivity index (χ2v) is 6.77. The third kappa shape index (κ3) is 3.88. The predicted octanol–water partition coefficient (Wildman–Crippen LogP) is 1.56. The molecule has 0 aromatic heterocycles. The number of nitrogens with zero attached hydrogens (tertiary/aromatic N) is 2. The molecule has 0 atom stereocenters. The lowest BCUT2D eigenvalue weighted by Crippen LogP contribution is -2.51. The lowest BCUT2D eigenvalue weighted by Gasteiger charge is -2.41. The van der Waals surface area contributed by atoms with E-state index in [1.807, 2.05) is 32.2 Å². The molecule has 7 nitrogen and oxygen atoms in total. The summed E-state index contributed by atoms with van der Waals surface area (Å²) >= 11 is 0. The zero-order chi connectivity index (χ0) is 18.7. The Kier molecular flexibility index (Phi) is 5.27. The number of dihydropyridines is 2. The standard InChI is InChI=1S/C19H26N6O/c1-12(2)13(8-20)6-18(21)24-19-5-4-16-17(23-19)7-14(9-22-16)25-10-15(11-25)26-3/h4-9,12,15,20,22-23H,10-11H2,1-3H3,(H2,21,24). The molecule has 0 saturated carbocycles. The first-order valence-electron chi connectivity index (χ1n) is 8.72. The van der Waals surface area contributed by atoms with Crippen LogP contribution in [0.25, 0.3) is 0 Å². The topological polar surface area (TPSA) is 98.8 Å². The van der Waals surface area contributed by atoms with Gasteiger partial charge in [-0.1, -0.05) is 13.8 Å². The highest BCUT2D eigenvalue weighted by molar-refractivity contribution is 5.97. The van der Waals surface area contributed by atoms with Crippen molar-refractivity contribution in [2.24, 2.45) is 16.6 Å². The minimum atomic E-state index is 0.228. The summed E-state index contributed by atoms with van der Waals surface area (Å²) in [6.45, 7) is 5.83. The number of allylic oxidation sites excluding steroid dienone is 4. The molecule has 26 heavy (non-hydrogen) atoms. The van der Waals surface area contributed by atoms with Gasteiger partial charge in [0.15, 0.2) is 0 Å². The van der Waals surface area contributed by atoms with Gasteiger partial charge in [-0.3, -0.25) is 0 Å². The van der Waals surface area contributed by atoms with E-state index in [0.717, 1.165) is 35.8 Å². The molecule has 3 heterocycles.